The van der Waals surface area contributed by atoms with Crippen LogP contribution in [0, 0.1) is 13.8 Å². The van der Waals surface area contributed by atoms with Crippen molar-refractivity contribution < 1.29 is 5.11 Å². The van der Waals surface area contributed by atoms with Crippen LogP contribution in [0.4, 0.5) is 0 Å². The van der Waals surface area contributed by atoms with Gasteiger partial charge in [0.25, 0.3) is 0 Å². The van der Waals surface area contributed by atoms with E-state index in [-0.39, 0.29) is 0 Å². The summed E-state index contributed by atoms with van der Waals surface area (Å²) in [5, 5.41) is 20.3. The van der Waals surface area contributed by atoms with Gasteiger partial charge in [-0.1, -0.05) is 6.07 Å². The first-order chi connectivity index (χ1) is 9.45. The van der Waals surface area contributed by atoms with Crippen molar-refractivity contribution in [2.75, 3.05) is 6.54 Å². The van der Waals surface area contributed by atoms with Gasteiger partial charge in [-0.25, -0.2) is 0 Å². The van der Waals surface area contributed by atoms with Gasteiger partial charge in [-0.2, -0.15) is 5.10 Å². The Morgan fingerprint density at radius 2 is 2.20 bits per heavy atom. The molecule has 0 fully saturated rings. The summed E-state index contributed by atoms with van der Waals surface area (Å²) in [4.78, 5) is 0.989. The van der Waals surface area contributed by atoms with Crippen molar-refractivity contribution in [1.29, 1.82) is 0 Å². The molecule has 4 nitrogen and oxygen atoms in total. The maximum absolute atomic E-state index is 10.5. The Labute approximate surface area is 124 Å². The molecule has 2 aromatic rings. The predicted octanol–water partition coefficient (Wildman–Crippen LogP) is 2.58. The molecule has 0 bridgehead atoms. The molecule has 0 saturated heterocycles. The first kappa shape index (κ1) is 15.2. The molecule has 0 radical (unpaired) electrons. The summed E-state index contributed by atoms with van der Waals surface area (Å²) in [6.07, 6.45) is 0. The number of aliphatic hydroxyl groups is 1. The molecule has 0 aliphatic rings. The summed E-state index contributed by atoms with van der Waals surface area (Å²) in [7, 11) is 0. The molecule has 0 amide bonds. The topological polar surface area (TPSA) is 50.1 Å². The maximum atomic E-state index is 10.5. The third kappa shape index (κ3) is 3.11. The molecule has 0 aliphatic carbocycles. The fourth-order valence-corrected chi connectivity index (χ4v) is 3.19. The van der Waals surface area contributed by atoms with Gasteiger partial charge in [-0.05, 0) is 39.1 Å². The summed E-state index contributed by atoms with van der Waals surface area (Å²) in [5.74, 6) is 0. The van der Waals surface area contributed by atoms with Gasteiger partial charge in [0.05, 0.1) is 5.69 Å². The number of nitrogens with zero attached hydrogens (tertiary/aromatic N) is 2. The molecular weight excluding hydrogens is 270 g/mol. The van der Waals surface area contributed by atoms with Crippen LogP contribution in [-0.4, -0.2) is 21.4 Å². The maximum Gasteiger partial charge on any atom is 0.108 e. The van der Waals surface area contributed by atoms with Crippen LogP contribution in [0.1, 0.15) is 35.7 Å². The molecule has 20 heavy (non-hydrogen) atoms. The number of thiophene rings is 1. The molecule has 0 aliphatic heterocycles. The highest BCUT2D eigenvalue weighted by atomic mass is 32.1. The third-order valence-corrected chi connectivity index (χ3v) is 4.78. The van der Waals surface area contributed by atoms with E-state index in [9.17, 15) is 5.11 Å². The number of rotatable bonds is 6. The van der Waals surface area contributed by atoms with Crippen LogP contribution in [0.15, 0.2) is 17.5 Å². The minimum absolute atomic E-state index is 0.531. The third-order valence-electron chi connectivity index (χ3n) is 3.65. The predicted molar refractivity (Wildman–Crippen MR) is 83.0 cm³/mol. The van der Waals surface area contributed by atoms with Crippen LogP contribution in [0.5, 0.6) is 0 Å². The van der Waals surface area contributed by atoms with Gasteiger partial charge in [0.15, 0.2) is 0 Å². The van der Waals surface area contributed by atoms with Crippen LogP contribution >= 0.6 is 11.3 Å². The Hall–Kier alpha value is -1.17. The van der Waals surface area contributed by atoms with Crippen molar-refractivity contribution in [3.63, 3.8) is 0 Å². The number of nitrogens with one attached hydrogen (secondary N) is 1. The largest absolute Gasteiger partial charge is 0.383 e. The highest BCUT2D eigenvalue weighted by Crippen LogP contribution is 2.24. The standard InChI is InChI=1S/C15H23N3OS/c1-5-18-12(3)13(11(2)17-18)9-16-10-15(4,19)14-7-6-8-20-14/h6-8,16,19H,5,9-10H2,1-4H3. The zero-order valence-corrected chi connectivity index (χ0v) is 13.4. The Bertz CT molecular complexity index is 558. The molecule has 2 aromatic heterocycles. The summed E-state index contributed by atoms with van der Waals surface area (Å²) >= 11 is 1.58. The van der Waals surface area contributed by atoms with E-state index in [1.54, 1.807) is 11.3 Å². The average Bonchev–Trinajstić information content (AvgIpc) is 3.01. The van der Waals surface area contributed by atoms with E-state index in [4.69, 9.17) is 0 Å². The second kappa shape index (κ2) is 6.08. The molecule has 0 saturated carbocycles. The second-order valence-corrected chi connectivity index (χ2v) is 6.27. The lowest BCUT2D eigenvalue weighted by atomic mass is 10.1. The normalized spacial score (nSPS) is 14.4. The molecule has 1 atom stereocenters. The quantitative estimate of drug-likeness (QED) is 0.860. The van der Waals surface area contributed by atoms with Crippen LogP contribution in [0.2, 0.25) is 0 Å². The monoisotopic (exact) mass is 293 g/mol. The molecule has 2 rings (SSSR count). The Morgan fingerprint density at radius 3 is 2.75 bits per heavy atom. The number of hydrogen-bond acceptors (Lipinski definition) is 4. The van der Waals surface area contributed by atoms with Crippen LogP contribution < -0.4 is 5.32 Å². The number of aryl methyl sites for hydroxylation is 2. The minimum atomic E-state index is -0.823. The highest BCUT2D eigenvalue weighted by molar-refractivity contribution is 7.10. The Morgan fingerprint density at radius 1 is 1.45 bits per heavy atom. The smallest absolute Gasteiger partial charge is 0.108 e. The van der Waals surface area contributed by atoms with Crippen molar-refractivity contribution in [1.82, 2.24) is 15.1 Å². The van der Waals surface area contributed by atoms with Crippen molar-refractivity contribution in [3.05, 3.63) is 39.3 Å². The number of hydrogen-bond donors (Lipinski definition) is 2. The lowest BCUT2D eigenvalue weighted by Crippen LogP contribution is -2.34. The summed E-state index contributed by atoms with van der Waals surface area (Å²) < 4.78 is 2.02. The molecular formula is C15H23N3OS. The van der Waals surface area contributed by atoms with Crippen molar-refractivity contribution in [3.8, 4) is 0 Å². The molecule has 5 heteroatoms. The summed E-state index contributed by atoms with van der Waals surface area (Å²) in [5.41, 5.74) is 2.67. The molecule has 0 spiro atoms. The van der Waals surface area contributed by atoms with Gasteiger partial charge < -0.3 is 10.4 Å². The Kier molecular flexibility index (Phi) is 4.62. The Balaban J connectivity index is 1.98. The van der Waals surface area contributed by atoms with E-state index >= 15 is 0 Å². The first-order valence-electron chi connectivity index (χ1n) is 6.95. The second-order valence-electron chi connectivity index (χ2n) is 5.32. The highest BCUT2D eigenvalue weighted by Gasteiger charge is 2.23. The van der Waals surface area contributed by atoms with E-state index in [1.807, 2.05) is 36.0 Å². The molecule has 110 valence electrons. The fourth-order valence-electron chi connectivity index (χ4n) is 2.40. The fraction of sp³-hybridized carbons (Fsp3) is 0.533. The van der Waals surface area contributed by atoms with E-state index in [0.29, 0.717) is 6.54 Å². The lowest BCUT2D eigenvalue weighted by Gasteiger charge is -2.22. The van der Waals surface area contributed by atoms with E-state index in [0.717, 1.165) is 23.7 Å². The van der Waals surface area contributed by atoms with Gasteiger partial charge in [0.1, 0.15) is 5.60 Å². The zero-order chi connectivity index (χ0) is 14.8. The summed E-state index contributed by atoms with van der Waals surface area (Å²) in [6, 6.07) is 3.94. The van der Waals surface area contributed by atoms with E-state index in [2.05, 4.69) is 24.3 Å². The molecule has 1 unspecified atom stereocenters. The van der Waals surface area contributed by atoms with Crippen LogP contribution in [-0.2, 0) is 18.7 Å². The van der Waals surface area contributed by atoms with Gasteiger partial charge in [-0.3, -0.25) is 4.68 Å². The molecule has 2 N–H and O–H groups in total. The molecule has 0 aromatic carbocycles. The van der Waals surface area contributed by atoms with Gasteiger partial charge >= 0.3 is 0 Å². The minimum Gasteiger partial charge on any atom is -0.383 e. The van der Waals surface area contributed by atoms with Crippen LogP contribution in [0.25, 0.3) is 0 Å². The zero-order valence-electron chi connectivity index (χ0n) is 12.6. The lowest BCUT2D eigenvalue weighted by molar-refractivity contribution is 0.0604. The van der Waals surface area contributed by atoms with Gasteiger partial charge in [-0.15, -0.1) is 11.3 Å². The van der Waals surface area contributed by atoms with Crippen molar-refractivity contribution >= 4 is 11.3 Å². The SMILES string of the molecule is CCn1nc(C)c(CNCC(C)(O)c2cccs2)c1C. The van der Waals surface area contributed by atoms with Crippen LogP contribution in [0.3, 0.4) is 0 Å². The number of aromatic nitrogens is 2. The van der Waals surface area contributed by atoms with E-state index in [1.165, 1.54) is 11.3 Å². The summed E-state index contributed by atoms with van der Waals surface area (Å²) in [6.45, 7) is 10.2. The van der Waals surface area contributed by atoms with Gasteiger partial charge in [0.2, 0.25) is 0 Å². The molecule has 2 heterocycles. The first-order valence-corrected chi connectivity index (χ1v) is 7.83. The van der Waals surface area contributed by atoms with Crippen molar-refractivity contribution in [2.24, 2.45) is 0 Å². The van der Waals surface area contributed by atoms with Gasteiger partial charge in [0, 0.05) is 35.8 Å². The van der Waals surface area contributed by atoms with E-state index < -0.39 is 5.60 Å². The van der Waals surface area contributed by atoms with Crippen molar-refractivity contribution in [2.45, 2.75) is 46.4 Å². The average molecular weight is 293 g/mol.